The quantitative estimate of drug-likeness (QED) is 0.153. The first-order chi connectivity index (χ1) is 39.1. The van der Waals surface area contributed by atoms with Gasteiger partial charge in [0, 0.05) is 27.6 Å². The molecule has 11 aromatic rings. The Kier molecular flexibility index (Phi) is 10.0. The Labute approximate surface area is 470 Å². The van der Waals surface area contributed by atoms with Gasteiger partial charge >= 0.3 is 0 Å². The van der Waals surface area contributed by atoms with Gasteiger partial charge in [-0.1, -0.05) is 240 Å². The maximum absolute atomic E-state index is 2.55. The molecule has 2 heteroatoms. The van der Waals surface area contributed by atoms with Crippen molar-refractivity contribution in [2.45, 2.75) is 62.2 Å². The Morgan fingerprint density at radius 3 is 1.06 bits per heavy atom. The first kappa shape index (κ1) is 46.8. The van der Waals surface area contributed by atoms with E-state index in [9.17, 15) is 0 Å². The van der Waals surface area contributed by atoms with Gasteiger partial charge in [-0.25, -0.2) is 0 Å². The highest BCUT2D eigenvalue weighted by molar-refractivity contribution is 5.94. The third-order valence-corrected chi connectivity index (χ3v) is 19.3. The van der Waals surface area contributed by atoms with Gasteiger partial charge in [0.1, 0.15) is 0 Å². The Morgan fingerprint density at radius 1 is 0.300 bits per heavy atom. The van der Waals surface area contributed by atoms with Crippen LogP contribution in [0.4, 0.5) is 34.1 Å². The zero-order valence-electron chi connectivity index (χ0n) is 45.7. The number of rotatable bonds is 6. The smallest absolute Gasteiger partial charge is 0.0714 e. The first-order valence-electron chi connectivity index (χ1n) is 28.6. The van der Waals surface area contributed by atoms with Gasteiger partial charge in [-0.2, -0.15) is 0 Å². The molecule has 5 aliphatic rings. The van der Waals surface area contributed by atoms with Crippen LogP contribution in [-0.2, 0) is 34.5 Å². The van der Waals surface area contributed by atoms with Gasteiger partial charge in [0.2, 0.25) is 0 Å². The predicted octanol–water partition coefficient (Wildman–Crippen LogP) is 19.5. The molecule has 80 heavy (non-hydrogen) atoms. The van der Waals surface area contributed by atoms with Crippen molar-refractivity contribution in [1.29, 1.82) is 0 Å². The molecule has 0 atom stereocenters. The Hall–Kier alpha value is -9.24. The third kappa shape index (κ3) is 6.48. The fourth-order valence-electron chi connectivity index (χ4n) is 15.6. The number of nitrogens with zero attached hydrogens (tertiary/aromatic N) is 2. The van der Waals surface area contributed by atoms with Crippen LogP contribution in [0.3, 0.4) is 0 Å². The molecular formula is C78H60N2. The van der Waals surface area contributed by atoms with E-state index in [1.54, 1.807) is 0 Å². The van der Waals surface area contributed by atoms with Crippen molar-refractivity contribution in [3.8, 4) is 22.3 Å². The van der Waals surface area contributed by atoms with Crippen molar-refractivity contribution >= 4 is 46.3 Å². The molecule has 2 heterocycles. The normalized spacial score (nSPS) is 16.4. The highest BCUT2D eigenvalue weighted by Gasteiger charge is 2.49. The number of hydrogen-bond acceptors (Lipinski definition) is 2. The lowest BCUT2D eigenvalue weighted by Crippen LogP contribution is -2.31. The molecule has 11 aromatic carbocycles. The minimum absolute atomic E-state index is 0.122. The van der Waals surface area contributed by atoms with Crippen molar-refractivity contribution in [2.24, 2.45) is 0 Å². The van der Waals surface area contributed by atoms with Crippen LogP contribution in [0.15, 0.2) is 255 Å². The van der Waals surface area contributed by atoms with Gasteiger partial charge in [-0.05, 0) is 168 Å². The van der Waals surface area contributed by atoms with Crippen LogP contribution in [0.2, 0.25) is 0 Å². The van der Waals surface area contributed by atoms with Crippen LogP contribution in [0.25, 0.3) is 34.4 Å². The van der Waals surface area contributed by atoms with Gasteiger partial charge in [0.05, 0.1) is 28.2 Å². The predicted molar refractivity (Wildman–Crippen MR) is 333 cm³/mol. The van der Waals surface area contributed by atoms with Crippen molar-refractivity contribution < 1.29 is 0 Å². The zero-order valence-corrected chi connectivity index (χ0v) is 45.7. The van der Waals surface area contributed by atoms with E-state index in [1.165, 1.54) is 129 Å². The second-order valence-corrected chi connectivity index (χ2v) is 24.1. The highest BCUT2D eigenvalue weighted by atomic mass is 15.2. The van der Waals surface area contributed by atoms with Gasteiger partial charge in [-0.15, -0.1) is 0 Å². The lowest BCUT2D eigenvalue weighted by Gasteiger charge is -2.42. The molecule has 2 nitrogen and oxygen atoms in total. The molecule has 0 saturated heterocycles. The summed E-state index contributed by atoms with van der Waals surface area (Å²) in [6.07, 6.45) is 6.66. The van der Waals surface area contributed by atoms with Crippen LogP contribution in [0.5, 0.6) is 0 Å². The third-order valence-electron chi connectivity index (χ3n) is 19.3. The molecule has 2 aliphatic heterocycles. The first-order valence-corrected chi connectivity index (χ1v) is 28.6. The lowest BCUT2D eigenvalue weighted by atomic mass is 9.67. The Bertz CT molecular complexity index is 4220. The SMILES string of the molecule is CC1(C)c2ccccc2N(c2ccc3c(c2)C2(Cc4ccccc4C2)c2cc(C=Cc4ccc5c(c4)C(c4ccccc4)(c4ccccc4)c4cc(N6c7ccccc7C(C)(C)c7ccccc76)ccc4-5)ccc2-3)c2ccccc21. The van der Waals surface area contributed by atoms with Crippen LogP contribution in [0.1, 0.15) is 106 Å². The average Bonchev–Trinajstić information content (AvgIpc) is 4.07. The summed E-state index contributed by atoms with van der Waals surface area (Å²) in [6.45, 7) is 9.47. The molecule has 0 bridgehead atoms. The van der Waals surface area contributed by atoms with Gasteiger partial charge in [0.25, 0.3) is 0 Å². The molecule has 0 radical (unpaired) electrons. The van der Waals surface area contributed by atoms with Crippen molar-refractivity contribution in [2.75, 3.05) is 9.80 Å². The molecule has 16 rings (SSSR count). The fraction of sp³-hybridized carbons (Fsp3) is 0.128. The maximum atomic E-state index is 2.55. The van der Waals surface area contributed by atoms with E-state index in [-0.39, 0.29) is 16.2 Å². The molecule has 0 amide bonds. The van der Waals surface area contributed by atoms with E-state index in [4.69, 9.17) is 0 Å². The zero-order chi connectivity index (χ0) is 53.5. The van der Waals surface area contributed by atoms with E-state index >= 15 is 0 Å². The number of hydrogen-bond donors (Lipinski definition) is 0. The van der Waals surface area contributed by atoms with Crippen LogP contribution in [-0.4, -0.2) is 0 Å². The summed E-state index contributed by atoms with van der Waals surface area (Å²) in [7, 11) is 0. The minimum atomic E-state index is -0.586. The fourth-order valence-corrected chi connectivity index (χ4v) is 15.6. The van der Waals surface area contributed by atoms with Gasteiger partial charge < -0.3 is 9.80 Å². The Morgan fingerprint density at radius 2 is 0.625 bits per heavy atom. The maximum Gasteiger partial charge on any atom is 0.0714 e. The van der Waals surface area contributed by atoms with Gasteiger partial charge in [-0.3, -0.25) is 0 Å². The summed E-state index contributed by atoms with van der Waals surface area (Å²) >= 11 is 0. The second-order valence-electron chi connectivity index (χ2n) is 24.1. The van der Waals surface area contributed by atoms with E-state index < -0.39 is 5.41 Å². The summed E-state index contributed by atoms with van der Waals surface area (Å²) in [5.41, 5.74) is 30.2. The molecule has 0 unspecified atom stereocenters. The molecule has 382 valence electrons. The van der Waals surface area contributed by atoms with E-state index in [0.29, 0.717) is 0 Å². The van der Waals surface area contributed by atoms with E-state index in [2.05, 4.69) is 304 Å². The van der Waals surface area contributed by atoms with Crippen molar-refractivity contribution in [3.05, 3.63) is 333 Å². The highest BCUT2D eigenvalue weighted by Crippen LogP contribution is 2.61. The summed E-state index contributed by atoms with van der Waals surface area (Å²) < 4.78 is 0. The van der Waals surface area contributed by atoms with E-state index in [0.717, 1.165) is 18.5 Å². The largest absolute Gasteiger partial charge is 0.310 e. The molecule has 0 aromatic heterocycles. The second kappa shape index (κ2) is 17.1. The number of para-hydroxylation sites is 4. The summed E-state index contributed by atoms with van der Waals surface area (Å²) in [6, 6.07) is 96.7. The molecule has 0 fully saturated rings. The summed E-state index contributed by atoms with van der Waals surface area (Å²) in [5, 5.41) is 0. The number of benzene rings is 11. The Balaban J connectivity index is 0.817. The number of fused-ring (bicyclic) bond motifs is 13. The molecular weight excluding hydrogens is 965 g/mol. The lowest BCUT2D eigenvalue weighted by molar-refractivity contribution is 0.563. The summed E-state index contributed by atoms with van der Waals surface area (Å²) in [5.74, 6) is 0. The molecule has 0 saturated carbocycles. The minimum Gasteiger partial charge on any atom is -0.310 e. The molecule has 0 N–H and O–H groups in total. The standard InChI is InChI=1S/C78H60N2/c1-75(2)63-27-13-17-31-71(63)79(72-32-18-14-28-64(72)75)57-39-43-60-59-41-37-51(45-67(59)77(68(60)47-57)49-53-21-11-12-22-54(53)50-77)35-36-52-38-42-61-62-44-40-58(80-73-33-19-15-29-65(73)76(3,4)66-30-16-20-34-74(66)80)48-70(62)78(69(61)46-52,55-23-7-5-8-24-55)56-25-9-6-10-26-56/h5-48H,49-50H2,1-4H3. The molecule has 3 aliphatic carbocycles. The molecule has 1 spiro atoms. The van der Waals surface area contributed by atoms with Gasteiger partial charge in [0.15, 0.2) is 0 Å². The van der Waals surface area contributed by atoms with E-state index in [1.807, 2.05) is 0 Å². The average molecular weight is 1030 g/mol. The van der Waals surface area contributed by atoms with Crippen LogP contribution < -0.4 is 9.80 Å². The van der Waals surface area contributed by atoms with Crippen LogP contribution >= 0.6 is 0 Å². The van der Waals surface area contributed by atoms with Crippen molar-refractivity contribution in [3.63, 3.8) is 0 Å². The van der Waals surface area contributed by atoms with Crippen molar-refractivity contribution in [1.82, 2.24) is 0 Å². The number of anilines is 6. The monoisotopic (exact) mass is 1020 g/mol. The van der Waals surface area contributed by atoms with Crippen LogP contribution in [0, 0.1) is 0 Å². The summed E-state index contributed by atoms with van der Waals surface area (Å²) in [4.78, 5) is 5.03. The topological polar surface area (TPSA) is 6.48 Å².